The third-order valence-corrected chi connectivity index (χ3v) is 10.3. The SMILES string of the molecule is CC/C=C\C/C=C\C/C=C\C/C=C\C/C=C\CCCC(=O)OC[C@H](COC(=O)CCCC/C=C\C/C=C\C/C=C\C/C=C\CC)OC(=O)CCCCCCCCCCCCCCC. The van der Waals surface area contributed by atoms with Crippen molar-refractivity contribution in [3.05, 3.63) is 109 Å². The highest BCUT2D eigenvalue weighted by Crippen LogP contribution is 2.14. The second kappa shape index (κ2) is 50.7. The molecule has 0 rings (SSSR count). The fourth-order valence-corrected chi connectivity index (χ4v) is 6.53. The quantitative estimate of drug-likeness (QED) is 0.0263. The zero-order chi connectivity index (χ0) is 45.8. The van der Waals surface area contributed by atoms with Gasteiger partial charge in [-0.05, 0) is 96.3 Å². The molecule has 0 aliphatic carbocycles. The van der Waals surface area contributed by atoms with Crippen LogP contribution < -0.4 is 0 Å². The third-order valence-electron chi connectivity index (χ3n) is 10.3. The lowest BCUT2D eigenvalue weighted by molar-refractivity contribution is -0.167. The summed E-state index contributed by atoms with van der Waals surface area (Å²) in [4.78, 5) is 37.9. The molecule has 0 aliphatic rings. The van der Waals surface area contributed by atoms with Crippen molar-refractivity contribution in [2.24, 2.45) is 0 Å². The molecular formula is C57H92O6. The van der Waals surface area contributed by atoms with E-state index in [0.29, 0.717) is 25.7 Å². The Morgan fingerprint density at radius 1 is 0.333 bits per heavy atom. The van der Waals surface area contributed by atoms with E-state index in [2.05, 4.69) is 130 Å². The van der Waals surface area contributed by atoms with Gasteiger partial charge in [-0.2, -0.15) is 0 Å². The minimum Gasteiger partial charge on any atom is -0.462 e. The number of ether oxygens (including phenoxy) is 3. The molecule has 0 aromatic rings. The maximum absolute atomic E-state index is 12.8. The first kappa shape index (κ1) is 59.1. The summed E-state index contributed by atoms with van der Waals surface area (Å²) in [6.07, 6.45) is 67.9. The molecule has 0 bridgehead atoms. The number of allylic oxidation sites excluding steroid dienone is 18. The Bertz CT molecular complexity index is 1330. The van der Waals surface area contributed by atoms with Crippen LogP contribution >= 0.6 is 0 Å². The lowest BCUT2D eigenvalue weighted by atomic mass is 10.0. The van der Waals surface area contributed by atoms with Crippen molar-refractivity contribution in [1.82, 2.24) is 0 Å². The molecule has 0 N–H and O–H groups in total. The van der Waals surface area contributed by atoms with Crippen molar-refractivity contribution < 1.29 is 28.6 Å². The van der Waals surface area contributed by atoms with E-state index in [9.17, 15) is 14.4 Å². The second-order valence-corrected chi connectivity index (χ2v) is 16.3. The standard InChI is InChI=1S/C57H92O6/c1-4-7-10-13-16-19-22-25-27-28-30-33-35-38-41-44-47-50-56(59)62-53-54(63-57(60)51-48-45-42-39-36-31-24-21-18-15-12-9-6-3)52-61-55(58)49-46-43-40-37-34-32-29-26-23-20-17-14-11-8-5-2/h7-8,10-11,16-17,19-20,25-27,29-30,33-34,37-38,41,54H,4-6,9,12-15,18,21-24,28,31-32,35-36,39-40,42-53H2,1-3H3/b10-7-,11-8-,19-16-,20-17-,27-25-,29-26-,33-30-,37-34-,41-38-/t54-/m0/s1. The first-order valence-electron chi connectivity index (χ1n) is 25.4. The van der Waals surface area contributed by atoms with Crippen LogP contribution in [0.4, 0.5) is 0 Å². The van der Waals surface area contributed by atoms with Gasteiger partial charge in [-0.15, -0.1) is 0 Å². The van der Waals surface area contributed by atoms with Gasteiger partial charge in [0.15, 0.2) is 6.10 Å². The van der Waals surface area contributed by atoms with E-state index >= 15 is 0 Å². The second-order valence-electron chi connectivity index (χ2n) is 16.3. The number of hydrogen-bond acceptors (Lipinski definition) is 6. The molecule has 6 heteroatoms. The van der Waals surface area contributed by atoms with Crippen molar-refractivity contribution in [2.75, 3.05) is 13.2 Å². The molecule has 0 fully saturated rings. The Morgan fingerprint density at radius 3 is 1.03 bits per heavy atom. The fraction of sp³-hybridized carbons (Fsp3) is 0.632. The van der Waals surface area contributed by atoms with Crippen LogP contribution in [0.2, 0.25) is 0 Å². The topological polar surface area (TPSA) is 78.9 Å². The highest BCUT2D eigenvalue weighted by atomic mass is 16.6. The van der Waals surface area contributed by atoms with Crippen molar-refractivity contribution in [3.8, 4) is 0 Å². The predicted octanol–water partition coefficient (Wildman–Crippen LogP) is 16.8. The van der Waals surface area contributed by atoms with Crippen LogP contribution in [0.15, 0.2) is 109 Å². The highest BCUT2D eigenvalue weighted by Gasteiger charge is 2.19. The van der Waals surface area contributed by atoms with E-state index in [1.807, 2.05) is 0 Å². The number of rotatable bonds is 44. The average molecular weight is 873 g/mol. The zero-order valence-corrected chi connectivity index (χ0v) is 40.5. The molecule has 0 aromatic heterocycles. The third kappa shape index (κ3) is 49.0. The maximum Gasteiger partial charge on any atom is 0.306 e. The number of carbonyl (C=O) groups is 3. The number of hydrogen-bond donors (Lipinski definition) is 0. The normalized spacial score (nSPS) is 13.0. The van der Waals surface area contributed by atoms with E-state index in [0.717, 1.165) is 96.3 Å². The van der Waals surface area contributed by atoms with Crippen molar-refractivity contribution in [3.63, 3.8) is 0 Å². The van der Waals surface area contributed by atoms with Gasteiger partial charge in [0.25, 0.3) is 0 Å². The molecule has 0 amide bonds. The molecule has 0 saturated carbocycles. The monoisotopic (exact) mass is 873 g/mol. The van der Waals surface area contributed by atoms with Crippen LogP contribution in [0.3, 0.4) is 0 Å². The molecule has 356 valence electrons. The van der Waals surface area contributed by atoms with Gasteiger partial charge in [-0.25, -0.2) is 0 Å². The summed E-state index contributed by atoms with van der Waals surface area (Å²) >= 11 is 0. The Morgan fingerprint density at radius 2 is 0.635 bits per heavy atom. The average Bonchev–Trinajstić information content (AvgIpc) is 3.28. The first-order valence-corrected chi connectivity index (χ1v) is 25.4. The number of esters is 3. The summed E-state index contributed by atoms with van der Waals surface area (Å²) < 4.78 is 16.7. The molecule has 0 unspecified atom stereocenters. The first-order chi connectivity index (χ1) is 31.0. The van der Waals surface area contributed by atoms with Gasteiger partial charge in [0.1, 0.15) is 13.2 Å². The van der Waals surface area contributed by atoms with Crippen molar-refractivity contribution in [2.45, 2.75) is 219 Å². The van der Waals surface area contributed by atoms with Gasteiger partial charge in [0, 0.05) is 19.3 Å². The Hall–Kier alpha value is -3.93. The van der Waals surface area contributed by atoms with Gasteiger partial charge >= 0.3 is 17.9 Å². The molecule has 6 nitrogen and oxygen atoms in total. The van der Waals surface area contributed by atoms with E-state index in [-0.39, 0.29) is 37.5 Å². The Kier molecular flexibility index (Phi) is 47.5. The fourth-order valence-electron chi connectivity index (χ4n) is 6.53. The zero-order valence-electron chi connectivity index (χ0n) is 40.5. The van der Waals surface area contributed by atoms with E-state index in [1.54, 1.807) is 0 Å². The van der Waals surface area contributed by atoms with Gasteiger partial charge in [-0.3, -0.25) is 14.4 Å². The molecule has 0 radical (unpaired) electrons. The molecule has 0 heterocycles. The Labute approximate surface area is 387 Å². The lowest BCUT2D eigenvalue weighted by Crippen LogP contribution is -2.30. The van der Waals surface area contributed by atoms with Gasteiger partial charge in [0.05, 0.1) is 0 Å². The summed E-state index contributed by atoms with van der Waals surface area (Å²) in [5.41, 5.74) is 0. The summed E-state index contributed by atoms with van der Waals surface area (Å²) in [5, 5.41) is 0. The molecule has 0 spiro atoms. The highest BCUT2D eigenvalue weighted by molar-refractivity contribution is 5.71. The lowest BCUT2D eigenvalue weighted by Gasteiger charge is -2.18. The summed E-state index contributed by atoms with van der Waals surface area (Å²) in [7, 11) is 0. The summed E-state index contributed by atoms with van der Waals surface area (Å²) in [6, 6.07) is 0. The minimum absolute atomic E-state index is 0.118. The number of carbonyl (C=O) groups excluding carboxylic acids is 3. The predicted molar refractivity (Wildman–Crippen MR) is 270 cm³/mol. The molecule has 63 heavy (non-hydrogen) atoms. The van der Waals surface area contributed by atoms with E-state index in [1.165, 1.54) is 64.2 Å². The largest absolute Gasteiger partial charge is 0.462 e. The molecular weight excluding hydrogens is 781 g/mol. The summed E-state index contributed by atoms with van der Waals surface area (Å²) in [6.45, 7) is 6.31. The van der Waals surface area contributed by atoms with E-state index in [4.69, 9.17) is 14.2 Å². The van der Waals surface area contributed by atoms with Gasteiger partial charge < -0.3 is 14.2 Å². The smallest absolute Gasteiger partial charge is 0.306 e. The summed E-state index contributed by atoms with van der Waals surface area (Å²) in [5.74, 6) is -1.02. The van der Waals surface area contributed by atoms with Crippen LogP contribution in [0.1, 0.15) is 213 Å². The minimum atomic E-state index is -0.817. The van der Waals surface area contributed by atoms with Crippen molar-refractivity contribution >= 4 is 17.9 Å². The van der Waals surface area contributed by atoms with Crippen LogP contribution in [0.5, 0.6) is 0 Å². The van der Waals surface area contributed by atoms with Crippen LogP contribution in [-0.4, -0.2) is 37.2 Å². The maximum atomic E-state index is 12.8. The van der Waals surface area contributed by atoms with E-state index < -0.39 is 6.10 Å². The molecule has 0 saturated heterocycles. The van der Waals surface area contributed by atoms with Crippen LogP contribution in [0.25, 0.3) is 0 Å². The Balaban J connectivity index is 4.55. The molecule has 0 aliphatic heterocycles. The van der Waals surface area contributed by atoms with Gasteiger partial charge in [-0.1, -0.05) is 207 Å². The van der Waals surface area contributed by atoms with Crippen molar-refractivity contribution in [1.29, 1.82) is 0 Å². The molecule has 1 atom stereocenters. The number of unbranched alkanes of at least 4 members (excludes halogenated alkanes) is 15. The van der Waals surface area contributed by atoms with Crippen LogP contribution in [-0.2, 0) is 28.6 Å². The molecule has 0 aromatic carbocycles. The van der Waals surface area contributed by atoms with Crippen LogP contribution in [0, 0.1) is 0 Å². The van der Waals surface area contributed by atoms with Gasteiger partial charge in [0.2, 0.25) is 0 Å².